The Balaban J connectivity index is 2.59. The number of rotatable bonds is 1. The van der Waals surface area contributed by atoms with Gasteiger partial charge in [0.25, 0.3) is 0 Å². The molecule has 0 spiro atoms. The fraction of sp³-hybridized carbons (Fsp3) is 0. The van der Waals surface area contributed by atoms with Crippen molar-refractivity contribution in [1.29, 1.82) is 5.26 Å². The minimum Gasteiger partial charge on any atom is -0.375 e. The molecule has 0 saturated carbocycles. The fourth-order valence-electron chi connectivity index (χ4n) is 1.01. The van der Waals surface area contributed by atoms with E-state index in [4.69, 9.17) is 11.0 Å². The van der Waals surface area contributed by atoms with Gasteiger partial charge in [-0.15, -0.1) is 0 Å². The smallest absolute Gasteiger partial charge is 0.181 e. The molecule has 2 aromatic heterocycles. The van der Waals surface area contributed by atoms with Gasteiger partial charge in [-0.25, -0.2) is 4.98 Å². The molecule has 0 aliphatic carbocycles. The molecule has 2 rings (SSSR count). The Hall–Kier alpha value is -1.38. The number of anilines is 1. The number of nitrogens with zero attached hydrogens (tertiary/aromatic N) is 2. The highest BCUT2D eigenvalue weighted by molar-refractivity contribution is 7.16. The molecular weight excluding hydrogens is 202 g/mol. The topological polar surface area (TPSA) is 62.7 Å². The molecular formula is C8H5N3S2. The minimum absolute atomic E-state index is 0.442. The lowest BCUT2D eigenvalue weighted by atomic mass is 10.2. The van der Waals surface area contributed by atoms with Gasteiger partial charge in [0, 0.05) is 10.9 Å². The van der Waals surface area contributed by atoms with Gasteiger partial charge in [-0.1, -0.05) is 11.3 Å². The molecule has 0 amide bonds. The zero-order valence-corrected chi connectivity index (χ0v) is 8.15. The number of thiazole rings is 1. The van der Waals surface area contributed by atoms with Crippen LogP contribution in [0.3, 0.4) is 0 Å². The van der Waals surface area contributed by atoms with Crippen LogP contribution < -0.4 is 5.73 Å². The lowest BCUT2D eigenvalue weighted by Crippen LogP contribution is -1.81. The summed E-state index contributed by atoms with van der Waals surface area (Å²) in [6.45, 7) is 0. The van der Waals surface area contributed by atoms with E-state index in [-0.39, 0.29) is 0 Å². The van der Waals surface area contributed by atoms with Gasteiger partial charge in [0.15, 0.2) is 5.13 Å². The second-order valence-corrected chi connectivity index (χ2v) is 4.16. The summed E-state index contributed by atoms with van der Waals surface area (Å²) in [6, 6.07) is 4.02. The number of aromatic nitrogens is 1. The summed E-state index contributed by atoms with van der Waals surface area (Å²) in [4.78, 5) is 4.68. The Labute approximate surface area is 83.1 Å². The standard InChI is InChI=1S/C8H5N3S2/c9-3-6-7(11-8(10)13-6)5-1-2-12-4-5/h1-2,4H,(H2,10,11). The van der Waals surface area contributed by atoms with Gasteiger partial charge < -0.3 is 5.73 Å². The second-order valence-electron chi connectivity index (χ2n) is 2.35. The summed E-state index contributed by atoms with van der Waals surface area (Å²) in [5, 5.41) is 13.1. The number of hydrogen-bond donors (Lipinski definition) is 1. The van der Waals surface area contributed by atoms with Crippen LogP contribution in [0.15, 0.2) is 16.8 Å². The largest absolute Gasteiger partial charge is 0.375 e. The predicted octanol–water partition coefficient (Wildman–Crippen LogP) is 2.33. The van der Waals surface area contributed by atoms with E-state index < -0.39 is 0 Å². The Morgan fingerprint density at radius 1 is 1.54 bits per heavy atom. The van der Waals surface area contributed by atoms with Crippen molar-refractivity contribution < 1.29 is 0 Å². The van der Waals surface area contributed by atoms with Crippen LogP contribution in [0.4, 0.5) is 5.13 Å². The van der Waals surface area contributed by atoms with E-state index in [2.05, 4.69) is 11.1 Å². The maximum Gasteiger partial charge on any atom is 0.181 e. The van der Waals surface area contributed by atoms with Gasteiger partial charge in [0.2, 0.25) is 0 Å². The van der Waals surface area contributed by atoms with Crippen molar-refractivity contribution in [3.05, 3.63) is 21.7 Å². The molecule has 0 aliphatic heterocycles. The maximum absolute atomic E-state index is 8.80. The van der Waals surface area contributed by atoms with Crippen molar-refractivity contribution in [3.8, 4) is 17.3 Å². The third-order valence-electron chi connectivity index (χ3n) is 1.54. The van der Waals surface area contributed by atoms with E-state index in [1.807, 2.05) is 16.8 Å². The van der Waals surface area contributed by atoms with Crippen molar-refractivity contribution in [2.45, 2.75) is 0 Å². The van der Waals surface area contributed by atoms with Crippen LogP contribution in [0.5, 0.6) is 0 Å². The van der Waals surface area contributed by atoms with Crippen molar-refractivity contribution in [2.75, 3.05) is 5.73 Å². The first kappa shape index (κ1) is 8.23. The summed E-state index contributed by atoms with van der Waals surface area (Å²) >= 11 is 2.80. The molecule has 0 fully saturated rings. The van der Waals surface area contributed by atoms with Gasteiger partial charge in [0.1, 0.15) is 16.6 Å². The zero-order chi connectivity index (χ0) is 9.26. The first-order valence-corrected chi connectivity index (χ1v) is 5.26. The van der Waals surface area contributed by atoms with Crippen LogP contribution in [0.2, 0.25) is 0 Å². The molecule has 13 heavy (non-hydrogen) atoms. The highest BCUT2D eigenvalue weighted by atomic mass is 32.1. The zero-order valence-electron chi connectivity index (χ0n) is 6.52. The lowest BCUT2D eigenvalue weighted by Gasteiger charge is -1.88. The quantitative estimate of drug-likeness (QED) is 0.780. The summed E-state index contributed by atoms with van der Waals surface area (Å²) in [5.41, 5.74) is 7.19. The molecule has 0 bridgehead atoms. The molecule has 2 heterocycles. The summed E-state index contributed by atoms with van der Waals surface area (Å²) in [5.74, 6) is 0. The molecule has 0 atom stereocenters. The molecule has 0 aliphatic rings. The van der Waals surface area contributed by atoms with Crippen LogP contribution in [-0.2, 0) is 0 Å². The Kier molecular flexibility index (Phi) is 2.00. The molecule has 3 nitrogen and oxygen atoms in total. The number of nitrogen functional groups attached to an aromatic ring is 1. The number of hydrogen-bond acceptors (Lipinski definition) is 5. The Morgan fingerprint density at radius 3 is 3.00 bits per heavy atom. The van der Waals surface area contributed by atoms with Crippen molar-refractivity contribution in [1.82, 2.24) is 4.98 Å². The molecule has 2 aromatic rings. The summed E-state index contributed by atoms with van der Waals surface area (Å²) < 4.78 is 0. The molecule has 0 radical (unpaired) electrons. The van der Waals surface area contributed by atoms with Gasteiger partial charge in [0.05, 0.1) is 0 Å². The van der Waals surface area contributed by atoms with E-state index in [0.29, 0.717) is 15.7 Å². The normalized spacial score (nSPS) is 9.77. The van der Waals surface area contributed by atoms with Crippen LogP contribution >= 0.6 is 22.7 Å². The van der Waals surface area contributed by atoms with E-state index >= 15 is 0 Å². The van der Waals surface area contributed by atoms with Crippen LogP contribution in [-0.4, -0.2) is 4.98 Å². The van der Waals surface area contributed by atoms with Crippen LogP contribution in [0.25, 0.3) is 11.3 Å². The highest BCUT2D eigenvalue weighted by Crippen LogP contribution is 2.29. The molecule has 0 aromatic carbocycles. The van der Waals surface area contributed by atoms with Gasteiger partial charge in [-0.05, 0) is 11.4 Å². The number of thiophene rings is 1. The van der Waals surface area contributed by atoms with Crippen molar-refractivity contribution in [2.24, 2.45) is 0 Å². The molecule has 2 N–H and O–H groups in total. The average Bonchev–Trinajstić information content (AvgIpc) is 2.71. The van der Waals surface area contributed by atoms with E-state index in [0.717, 1.165) is 5.56 Å². The monoisotopic (exact) mass is 207 g/mol. The van der Waals surface area contributed by atoms with E-state index in [9.17, 15) is 0 Å². The molecule has 64 valence electrons. The molecule has 5 heteroatoms. The molecule has 0 saturated heterocycles. The minimum atomic E-state index is 0.442. The number of nitriles is 1. The Morgan fingerprint density at radius 2 is 2.38 bits per heavy atom. The average molecular weight is 207 g/mol. The number of nitrogens with two attached hydrogens (primary N) is 1. The molecule has 0 unspecified atom stereocenters. The van der Waals surface area contributed by atoms with Crippen LogP contribution in [0.1, 0.15) is 4.88 Å². The van der Waals surface area contributed by atoms with Gasteiger partial charge in [-0.3, -0.25) is 0 Å². The third kappa shape index (κ3) is 1.41. The Bertz CT molecular complexity index is 450. The van der Waals surface area contributed by atoms with Gasteiger partial charge in [-0.2, -0.15) is 16.6 Å². The fourth-order valence-corrected chi connectivity index (χ4v) is 2.30. The third-order valence-corrected chi connectivity index (χ3v) is 3.01. The van der Waals surface area contributed by atoms with E-state index in [1.54, 1.807) is 11.3 Å². The first-order chi connectivity index (χ1) is 6.31. The predicted molar refractivity (Wildman–Crippen MR) is 54.6 cm³/mol. The lowest BCUT2D eigenvalue weighted by molar-refractivity contribution is 1.40. The highest BCUT2D eigenvalue weighted by Gasteiger charge is 2.10. The van der Waals surface area contributed by atoms with E-state index in [1.165, 1.54) is 11.3 Å². The van der Waals surface area contributed by atoms with Crippen LogP contribution in [0, 0.1) is 11.3 Å². The second kappa shape index (κ2) is 3.17. The van der Waals surface area contributed by atoms with Crippen molar-refractivity contribution >= 4 is 27.8 Å². The maximum atomic E-state index is 8.80. The van der Waals surface area contributed by atoms with Crippen molar-refractivity contribution in [3.63, 3.8) is 0 Å². The SMILES string of the molecule is N#Cc1sc(N)nc1-c1ccsc1. The summed E-state index contributed by atoms with van der Waals surface area (Å²) in [7, 11) is 0. The summed E-state index contributed by atoms with van der Waals surface area (Å²) in [6.07, 6.45) is 0. The first-order valence-electron chi connectivity index (χ1n) is 3.50. The van der Waals surface area contributed by atoms with Gasteiger partial charge >= 0.3 is 0 Å².